The fourth-order valence-corrected chi connectivity index (χ4v) is 3.21. The minimum atomic E-state index is 0.228. The summed E-state index contributed by atoms with van der Waals surface area (Å²) in [6.07, 6.45) is 10.1. The predicted molar refractivity (Wildman–Crippen MR) is 78.7 cm³/mol. The zero-order valence-electron chi connectivity index (χ0n) is 12.6. The molecular weight excluding hydrogens is 266 g/mol. The fourth-order valence-electron chi connectivity index (χ4n) is 3.21. The number of allylic oxidation sites excluding steroid dienone is 2. The van der Waals surface area contributed by atoms with Crippen LogP contribution in [0.25, 0.3) is 0 Å². The van der Waals surface area contributed by atoms with Crippen molar-refractivity contribution in [1.29, 1.82) is 0 Å². The summed E-state index contributed by atoms with van der Waals surface area (Å²) in [5.74, 6) is 2.39. The highest BCUT2D eigenvalue weighted by Crippen LogP contribution is 2.27. The molecule has 0 unspecified atom stereocenters. The summed E-state index contributed by atoms with van der Waals surface area (Å²) in [6.45, 7) is 3.60. The summed E-state index contributed by atoms with van der Waals surface area (Å²) in [7, 11) is 0. The van der Waals surface area contributed by atoms with Gasteiger partial charge in [-0.25, -0.2) is 0 Å². The Morgan fingerprint density at radius 3 is 3.10 bits per heavy atom. The van der Waals surface area contributed by atoms with Gasteiger partial charge in [0, 0.05) is 31.8 Å². The number of carbonyl (C=O) groups is 1. The van der Waals surface area contributed by atoms with E-state index in [2.05, 4.69) is 22.3 Å². The molecule has 2 heterocycles. The van der Waals surface area contributed by atoms with Crippen molar-refractivity contribution in [2.24, 2.45) is 5.92 Å². The lowest BCUT2D eigenvalue weighted by atomic mass is 9.96. The molecule has 0 radical (unpaired) electrons. The van der Waals surface area contributed by atoms with Gasteiger partial charge in [-0.05, 0) is 31.6 Å². The van der Waals surface area contributed by atoms with Crippen molar-refractivity contribution in [2.45, 2.75) is 51.4 Å². The Labute approximate surface area is 125 Å². The van der Waals surface area contributed by atoms with Crippen molar-refractivity contribution in [3.8, 4) is 0 Å². The number of aromatic nitrogens is 2. The van der Waals surface area contributed by atoms with Gasteiger partial charge in [0.25, 0.3) is 0 Å². The Morgan fingerprint density at radius 2 is 2.38 bits per heavy atom. The van der Waals surface area contributed by atoms with Crippen LogP contribution in [0.1, 0.15) is 56.7 Å². The number of rotatable bonds is 4. The van der Waals surface area contributed by atoms with Gasteiger partial charge in [0.1, 0.15) is 0 Å². The number of nitrogens with zero attached hydrogens (tertiary/aromatic N) is 3. The number of piperidine rings is 1. The molecule has 5 heteroatoms. The van der Waals surface area contributed by atoms with Crippen LogP contribution in [0.5, 0.6) is 0 Å². The van der Waals surface area contributed by atoms with E-state index in [1.807, 2.05) is 11.8 Å². The van der Waals surface area contributed by atoms with Crippen molar-refractivity contribution in [3.63, 3.8) is 0 Å². The number of carbonyl (C=O) groups excluding carboxylic acids is 1. The number of amides is 1. The number of hydrogen-bond acceptors (Lipinski definition) is 4. The zero-order valence-corrected chi connectivity index (χ0v) is 12.6. The van der Waals surface area contributed by atoms with Crippen LogP contribution >= 0.6 is 0 Å². The average Bonchev–Trinajstić information content (AvgIpc) is 3.18. The lowest BCUT2D eigenvalue weighted by molar-refractivity contribution is -0.133. The van der Waals surface area contributed by atoms with Gasteiger partial charge in [0.15, 0.2) is 5.82 Å². The van der Waals surface area contributed by atoms with Crippen molar-refractivity contribution in [1.82, 2.24) is 15.0 Å². The summed E-state index contributed by atoms with van der Waals surface area (Å²) in [5, 5.41) is 4.07. The topological polar surface area (TPSA) is 59.2 Å². The highest BCUT2D eigenvalue weighted by Gasteiger charge is 2.28. The van der Waals surface area contributed by atoms with Crippen LogP contribution in [0.15, 0.2) is 16.7 Å². The third kappa shape index (κ3) is 3.34. The van der Waals surface area contributed by atoms with E-state index in [1.54, 1.807) is 0 Å². The maximum absolute atomic E-state index is 12.4. The third-order valence-electron chi connectivity index (χ3n) is 4.47. The van der Waals surface area contributed by atoms with E-state index < -0.39 is 0 Å². The van der Waals surface area contributed by atoms with E-state index in [9.17, 15) is 4.79 Å². The second kappa shape index (κ2) is 6.41. The predicted octanol–water partition coefficient (Wildman–Crippen LogP) is 2.69. The van der Waals surface area contributed by atoms with E-state index in [1.165, 1.54) is 0 Å². The molecule has 1 aliphatic heterocycles. The Bertz CT molecular complexity index is 523. The molecule has 0 bridgehead atoms. The lowest BCUT2D eigenvalue weighted by Crippen LogP contribution is -2.39. The largest absolute Gasteiger partial charge is 0.342 e. The first-order valence-corrected chi connectivity index (χ1v) is 8.03. The Balaban J connectivity index is 1.59. The first kappa shape index (κ1) is 14.3. The van der Waals surface area contributed by atoms with Gasteiger partial charge in [-0.15, -0.1) is 0 Å². The summed E-state index contributed by atoms with van der Waals surface area (Å²) < 4.78 is 5.20. The Kier molecular flexibility index (Phi) is 4.36. The van der Waals surface area contributed by atoms with Crippen LogP contribution in [-0.2, 0) is 11.2 Å². The third-order valence-corrected chi connectivity index (χ3v) is 4.47. The SMILES string of the molecule is CCc1nc([C@@H]2CCCN(C(=O)C[C@H]3C=CCC3)C2)no1. The van der Waals surface area contributed by atoms with Gasteiger partial charge in [0.2, 0.25) is 11.8 Å². The first-order valence-electron chi connectivity index (χ1n) is 8.03. The molecule has 1 aliphatic carbocycles. The van der Waals surface area contributed by atoms with Gasteiger partial charge in [0.05, 0.1) is 0 Å². The monoisotopic (exact) mass is 289 g/mol. The van der Waals surface area contributed by atoms with Crippen LogP contribution in [0.4, 0.5) is 0 Å². The minimum absolute atomic E-state index is 0.228. The van der Waals surface area contributed by atoms with Crippen LogP contribution in [-0.4, -0.2) is 34.0 Å². The summed E-state index contributed by atoms with van der Waals surface area (Å²) in [5.41, 5.74) is 0. The van der Waals surface area contributed by atoms with Crippen LogP contribution in [0.2, 0.25) is 0 Å². The molecule has 2 atom stereocenters. The summed E-state index contributed by atoms with van der Waals surface area (Å²) in [6, 6.07) is 0. The average molecular weight is 289 g/mol. The standard InChI is InChI=1S/C16H23N3O2/c1-2-14-17-16(18-21-14)13-8-5-9-19(11-13)15(20)10-12-6-3-4-7-12/h3,6,12-13H,2,4-5,7-11H2,1H3/t12-,13+/m0/s1. The highest BCUT2D eigenvalue weighted by molar-refractivity contribution is 5.77. The van der Waals surface area contributed by atoms with Crippen molar-refractivity contribution in [3.05, 3.63) is 23.9 Å². The van der Waals surface area contributed by atoms with Gasteiger partial charge >= 0.3 is 0 Å². The summed E-state index contributed by atoms with van der Waals surface area (Å²) in [4.78, 5) is 18.8. The fraction of sp³-hybridized carbons (Fsp3) is 0.688. The van der Waals surface area contributed by atoms with Crippen molar-refractivity contribution in [2.75, 3.05) is 13.1 Å². The lowest BCUT2D eigenvalue weighted by Gasteiger charge is -2.32. The quantitative estimate of drug-likeness (QED) is 0.800. The molecule has 1 aromatic rings. The van der Waals surface area contributed by atoms with Gasteiger partial charge in [-0.3, -0.25) is 4.79 Å². The molecule has 3 rings (SSSR count). The van der Waals surface area contributed by atoms with Crippen LogP contribution in [0.3, 0.4) is 0 Å². The van der Waals surface area contributed by atoms with Crippen LogP contribution < -0.4 is 0 Å². The van der Waals surface area contributed by atoms with Gasteiger partial charge in [-0.2, -0.15) is 4.98 Å². The number of likely N-dealkylation sites (tertiary alicyclic amines) is 1. The van der Waals surface area contributed by atoms with E-state index in [0.29, 0.717) is 18.2 Å². The second-order valence-corrected chi connectivity index (χ2v) is 6.05. The van der Waals surface area contributed by atoms with Crippen molar-refractivity contribution >= 4 is 5.91 Å². The smallest absolute Gasteiger partial charge is 0.226 e. The van der Waals surface area contributed by atoms with E-state index in [-0.39, 0.29) is 11.8 Å². The molecule has 1 aromatic heterocycles. The highest BCUT2D eigenvalue weighted by atomic mass is 16.5. The van der Waals surface area contributed by atoms with E-state index >= 15 is 0 Å². The molecule has 2 aliphatic rings. The molecular formula is C16H23N3O2. The zero-order chi connectivity index (χ0) is 14.7. The summed E-state index contributed by atoms with van der Waals surface area (Å²) >= 11 is 0. The van der Waals surface area contributed by atoms with E-state index in [4.69, 9.17) is 4.52 Å². The molecule has 114 valence electrons. The van der Waals surface area contributed by atoms with Crippen molar-refractivity contribution < 1.29 is 9.32 Å². The van der Waals surface area contributed by atoms with Crippen LogP contribution in [0, 0.1) is 5.92 Å². The maximum atomic E-state index is 12.4. The molecule has 0 N–H and O–H groups in total. The molecule has 21 heavy (non-hydrogen) atoms. The second-order valence-electron chi connectivity index (χ2n) is 6.05. The first-order chi connectivity index (χ1) is 10.3. The number of hydrogen-bond donors (Lipinski definition) is 0. The molecule has 0 spiro atoms. The Hall–Kier alpha value is -1.65. The number of aryl methyl sites for hydroxylation is 1. The molecule has 1 saturated heterocycles. The maximum Gasteiger partial charge on any atom is 0.226 e. The molecule has 0 saturated carbocycles. The van der Waals surface area contributed by atoms with Gasteiger partial charge in [-0.1, -0.05) is 24.2 Å². The minimum Gasteiger partial charge on any atom is -0.342 e. The normalized spacial score (nSPS) is 25.5. The molecule has 1 fully saturated rings. The van der Waals surface area contributed by atoms with E-state index in [0.717, 1.165) is 51.0 Å². The molecule has 0 aromatic carbocycles. The molecule has 5 nitrogen and oxygen atoms in total. The van der Waals surface area contributed by atoms with Gasteiger partial charge < -0.3 is 9.42 Å². The molecule has 1 amide bonds. The Morgan fingerprint density at radius 1 is 1.48 bits per heavy atom.